The molecule has 106 valence electrons. The molecule has 0 bridgehead atoms. The van der Waals surface area contributed by atoms with E-state index in [0.717, 1.165) is 38.8 Å². The highest BCUT2D eigenvalue weighted by Crippen LogP contribution is 2.40. The molecule has 1 aromatic rings. The molecule has 1 aliphatic heterocycles. The van der Waals surface area contributed by atoms with Crippen molar-refractivity contribution in [2.45, 2.75) is 51.0 Å². The van der Waals surface area contributed by atoms with E-state index in [1.165, 1.54) is 5.56 Å². The van der Waals surface area contributed by atoms with E-state index >= 15 is 0 Å². The van der Waals surface area contributed by atoms with Gasteiger partial charge in [0, 0.05) is 6.61 Å². The Morgan fingerprint density at radius 1 is 1.37 bits per heavy atom. The molecular formula is C17H27NO. The first kappa shape index (κ1) is 14.5. The lowest BCUT2D eigenvalue weighted by Crippen LogP contribution is -2.38. The molecule has 0 radical (unpaired) electrons. The molecule has 2 heteroatoms. The maximum atomic E-state index is 5.98. The van der Waals surface area contributed by atoms with Crippen LogP contribution in [0.2, 0.25) is 0 Å². The smallest absolute Gasteiger partial charge is 0.0654 e. The first-order chi connectivity index (χ1) is 9.18. The van der Waals surface area contributed by atoms with Gasteiger partial charge in [-0.25, -0.2) is 0 Å². The number of benzene rings is 1. The SMILES string of the molecule is CC[C@@]1(C)C[C@@H]([C@H](CCN)c2ccccc2)CCO1. The van der Waals surface area contributed by atoms with E-state index in [-0.39, 0.29) is 5.60 Å². The topological polar surface area (TPSA) is 35.2 Å². The zero-order valence-electron chi connectivity index (χ0n) is 12.3. The predicted molar refractivity (Wildman–Crippen MR) is 80.2 cm³/mol. The summed E-state index contributed by atoms with van der Waals surface area (Å²) in [5, 5.41) is 0. The van der Waals surface area contributed by atoms with E-state index < -0.39 is 0 Å². The van der Waals surface area contributed by atoms with E-state index in [1.807, 2.05) is 0 Å². The van der Waals surface area contributed by atoms with Crippen molar-refractivity contribution in [1.29, 1.82) is 0 Å². The molecule has 1 aromatic carbocycles. The Kier molecular flexibility index (Phi) is 5.00. The average molecular weight is 261 g/mol. The van der Waals surface area contributed by atoms with Crippen molar-refractivity contribution >= 4 is 0 Å². The fraction of sp³-hybridized carbons (Fsp3) is 0.647. The van der Waals surface area contributed by atoms with Crippen LogP contribution in [0.5, 0.6) is 0 Å². The Morgan fingerprint density at radius 2 is 2.11 bits per heavy atom. The molecule has 0 aliphatic carbocycles. The van der Waals surface area contributed by atoms with Crippen LogP contribution in [0.1, 0.15) is 51.0 Å². The second kappa shape index (κ2) is 6.53. The lowest BCUT2D eigenvalue weighted by molar-refractivity contribution is -0.0914. The lowest BCUT2D eigenvalue weighted by Gasteiger charge is -2.41. The molecule has 0 spiro atoms. The van der Waals surface area contributed by atoms with Crippen LogP contribution in [-0.4, -0.2) is 18.8 Å². The van der Waals surface area contributed by atoms with Crippen molar-refractivity contribution in [1.82, 2.24) is 0 Å². The third-order valence-corrected chi connectivity index (χ3v) is 4.66. The number of rotatable bonds is 5. The Morgan fingerprint density at radius 3 is 2.74 bits per heavy atom. The third kappa shape index (κ3) is 3.58. The van der Waals surface area contributed by atoms with E-state index in [4.69, 9.17) is 10.5 Å². The minimum atomic E-state index is 0.0601. The van der Waals surface area contributed by atoms with Crippen LogP contribution in [0.25, 0.3) is 0 Å². The summed E-state index contributed by atoms with van der Waals surface area (Å²) in [6, 6.07) is 10.9. The molecule has 19 heavy (non-hydrogen) atoms. The standard InChI is InChI=1S/C17H27NO/c1-3-17(2)13-15(10-12-19-17)16(9-11-18)14-7-5-4-6-8-14/h4-8,15-16H,3,9-13,18H2,1-2H3/t15-,16+,17-/m0/s1. The minimum absolute atomic E-state index is 0.0601. The molecule has 2 rings (SSSR count). The summed E-state index contributed by atoms with van der Waals surface area (Å²) < 4.78 is 5.98. The molecule has 3 atom stereocenters. The minimum Gasteiger partial charge on any atom is -0.375 e. The molecule has 1 heterocycles. The number of nitrogens with two attached hydrogens (primary N) is 1. The summed E-state index contributed by atoms with van der Waals surface area (Å²) in [5.74, 6) is 1.28. The molecule has 0 amide bonds. The van der Waals surface area contributed by atoms with Crippen LogP contribution in [0.4, 0.5) is 0 Å². The molecule has 2 nitrogen and oxygen atoms in total. The van der Waals surface area contributed by atoms with Crippen molar-refractivity contribution in [3.8, 4) is 0 Å². The maximum Gasteiger partial charge on any atom is 0.0654 e. The molecule has 1 saturated heterocycles. The molecule has 1 aliphatic rings. The Hall–Kier alpha value is -0.860. The lowest BCUT2D eigenvalue weighted by atomic mass is 9.74. The average Bonchev–Trinajstić information content (AvgIpc) is 2.46. The van der Waals surface area contributed by atoms with Crippen molar-refractivity contribution in [3.63, 3.8) is 0 Å². The van der Waals surface area contributed by atoms with E-state index in [2.05, 4.69) is 44.2 Å². The van der Waals surface area contributed by atoms with Crippen molar-refractivity contribution in [2.24, 2.45) is 11.7 Å². The second-order valence-corrected chi connectivity index (χ2v) is 6.00. The Bertz CT molecular complexity index is 378. The van der Waals surface area contributed by atoms with Gasteiger partial charge in [0.05, 0.1) is 5.60 Å². The largest absolute Gasteiger partial charge is 0.375 e. The van der Waals surface area contributed by atoms with Crippen molar-refractivity contribution in [2.75, 3.05) is 13.2 Å². The highest BCUT2D eigenvalue weighted by molar-refractivity contribution is 5.20. The van der Waals surface area contributed by atoms with Crippen LogP contribution in [0.15, 0.2) is 30.3 Å². The quantitative estimate of drug-likeness (QED) is 0.877. The molecule has 2 N–H and O–H groups in total. The van der Waals surface area contributed by atoms with Crippen LogP contribution >= 0.6 is 0 Å². The first-order valence-corrected chi connectivity index (χ1v) is 7.57. The van der Waals surface area contributed by atoms with Gasteiger partial charge in [0.25, 0.3) is 0 Å². The summed E-state index contributed by atoms with van der Waals surface area (Å²) >= 11 is 0. The zero-order valence-corrected chi connectivity index (χ0v) is 12.3. The highest BCUT2D eigenvalue weighted by atomic mass is 16.5. The normalized spacial score (nSPS) is 29.1. The van der Waals surface area contributed by atoms with Gasteiger partial charge in [-0.15, -0.1) is 0 Å². The van der Waals surface area contributed by atoms with Gasteiger partial charge in [-0.2, -0.15) is 0 Å². The fourth-order valence-corrected chi connectivity index (χ4v) is 3.32. The van der Waals surface area contributed by atoms with Crippen LogP contribution in [0.3, 0.4) is 0 Å². The molecular weight excluding hydrogens is 234 g/mol. The van der Waals surface area contributed by atoms with Crippen LogP contribution < -0.4 is 5.73 Å². The number of ether oxygens (including phenoxy) is 1. The van der Waals surface area contributed by atoms with Crippen molar-refractivity contribution < 1.29 is 4.74 Å². The van der Waals surface area contributed by atoms with Gasteiger partial charge in [-0.3, -0.25) is 0 Å². The summed E-state index contributed by atoms with van der Waals surface area (Å²) in [4.78, 5) is 0. The predicted octanol–water partition coefficient (Wildman–Crippen LogP) is 3.71. The number of hydrogen-bond donors (Lipinski definition) is 1. The molecule has 0 aromatic heterocycles. The third-order valence-electron chi connectivity index (χ3n) is 4.66. The van der Waals surface area contributed by atoms with E-state index in [0.29, 0.717) is 11.8 Å². The van der Waals surface area contributed by atoms with E-state index in [9.17, 15) is 0 Å². The summed E-state index contributed by atoms with van der Waals surface area (Å²) in [5.41, 5.74) is 7.35. The summed E-state index contributed by atoms with van der Waals surface area (Å²) in [6.45, 7) is 6.13. The zero-order chi connectivity index (χ0) is 13.7. The Labute approximate surface area is 117 Å². The van der Waals surface area contributed by atoms with Gasteiger partial charge in [0.1, 0.15) is 0 Å². The van der Waals surface area contributed by atoms with Gasteiger partial charge in [0.2, 0.25) is 0 Å². The fourth-order valence-electron chi connectivity index (χ4n) is 3.32. The maximum absolute atomic E-state index is 5.98. The Balaban J connectivity index is 2.15. The van der Waals surface area contributed by atoms with E-state index in [1.54, 1.807) is 0 Å². The van der Waals surface area contributed by atoms with Crippen LogP contribution in [-0.2, 0) is 4.74 Å². The molecule has 0 saturated carbocycles. The van der Waals surface area contributed by atoms with Gasteiger partial charge in [-0.1, -0.05) is 37.3 Å². The van der Waals surface area contributed by atoms with Gasteiger partial charge in [0.15, 0.2) is 0 Å². The van der Waals surface area contributed by atoms with Crippen molar-refractivity contribution in [3.05, 3.63) is 35.9 Å². The molecule has 1 fully saturated rings. The van der Waals surface area contributed by atoms with Gasteiger partial charge < -0.3 is 10.5 Å². The number of hydrogen-bond acceptors (Lipinski definition) is 2. The van der Waals surface area contributed by atoms with Crippen LogP contribution in [0, 0.1) is 5.92 Å². The summed E-state index contributed by atoms with van der Waals surface area (Å²) in [7, 11) is 0. The van der Waals surface area contributed by atoms with Gasteiger partial charge in [-0.05, 0) is 56.6 Å². The first-order valence-electron chi connectivity index (χ1n) is 7.57. The van der Waals surface area contributed by atoms with Gasteiger partial charge >= 0.3 is 0 Å². The second-order valence-electron chi connectivity index (χ2n) is 6.00. The monoisotopic (exact) mass is 261 g/mol. The highest BCUT2D eigenvalue weighted by Gasteiger charge is 2.35. The summed E-state index contributed by atoms with van der Waals surface area (Å²) in [6.07, 6.45) is 4.49. The molecule has 0 unspecified atom stereocenters.